The number of hydrogen-bond donors (Lipinski definition) is 0. The lowest BCUT2D eigenvalue weighted by atomic mass is 10.3. The molecule has 3 aromatic rings. The zero-order chi connectivity index (χ0) is 16.1. The van der Waals surface area contributed by atoms with Crippen LogP contribution in [-0.2, 0) is 11.3 Å². The van der Waals surface area contributed by atoms with Crippen LogP contribution in [0.4, 0.5) is 0 Å². The van der Waals surface area contributed by atoms with Gasteiger partial charge in [0.15, 0.2) is 11.4 Å². The van der Waals surface area contributed by atoms with Crippen LogP contribution in [0.25, 0.3) is 10.2 Å². The number of carbonyl (C=O) groups is 1. The predicted octanol–water partition coefficient (Wildman–Crippen LogP) is 2.84. The van der Waals surface area contributed by atoms with Gasteiger partial charge in [-0.15, -0.1) is 6.42 Å². The van der Waals surface area contributed by atoms with Crippen molar-refractivity contribution in [1.29, 1.82) is 0 Å². The monoisotopic (exact) mass is 322 g/mol. The average Bonchev–Trinajstić information content (AvgIpc) is 2.92. The second kappa shape index (κ2) is 6.95. The van der Waals surface area contributed by atoms with Crippen LogP contribution in [-0.4, -0.2) is 17.1 Å². The quantitative estimate of drug-likeness (QED) is 0.693. The fourth-order valence-electron chi connectivity index (χ4n) is 2.15. The number of fused-ring (bicyclic) bond motifs is 1. The number of thiazole rings is 1. The summed E-state index contributed by atoms with van der Waals surface area (Å²) in [6.07, 6.45) is 5.43. The molecule has 5 heteroatoms. The number of ether oxygens (including phenoxy) is 1. The summed E-state index contributed by atoms with van der Waals surface area (Å²) in [7, 11) is 0. The minimum atomic E-state index is -0.341. The Morgan fingerprint density at radius 2 is 1.91 bits per heavy atom. The smallest absolute Gasteiger partial charge is 0.286 e. The first-order valence-corrected chi connectivity index (χ1v) is 7.87. The molecular formula is C18H14N2O2S. The Morgan fingerprint density at radius 3 is 2.70 bits per heavy atom. The number of nitrogens with zero attached hydrogens (tertiary/aromatic N) is 2. The molecule has 1 amide bonds. The summed E-state index contributed by atoms with van der Waals surface area (Å²) in [5.41, 5.74) is 0.978. The lowest BCUT2D eigenvalue weighted by Crippen LogP contribution is -2.19. The number of carbonyl (C=O) groups excluding carboxylic acids is 1. The highest BCUT2D eigenvalue weighted by Crippen LogP contribution is 2.16. The van der Waals surface area contributed by atoms with Crippen LogP contribution < -0.4 is 9.54 Å². The van der Waals surface area contributed by atoms with Crippen molar-refractivity contribution in [3.63, 3.8) is 0 Å². The van der Waals surface area contributed by atoms with E-state index in [1.807, 2.05) is 47.0 Å². The summed E-state index contributed by atoms with van der Waals surface area (Å²) in [5.74, 6) is 2.90. The Balaban J connectivity index is 1.86. The second-order valence-corrected chi connectivity index (χ2v) is 5.76. The van der Waals surface area contributed by atoms with E-state index in [0.29, 0.717) is 17.1 Å². The maximum atomic E-state index is 12.1. The van der Waals surface area contributed by atoms with Crippen molar-refractivity contribution < 1.29 is 9.53 Å². The van der Waals surface area contributed by atoms with Gasteiger partial charge in [-0.05, 0) is 24.3 Å². The second-order valence-electron chi connectivity index (χ2n) is 4.75. The van der Waals surface area contributed by atoms with Crippen molar-refractivity contribution in [1.82, 2.24) is 4.57 Å². The molecule has 0 fully saturated rings. The maximum absolute atomic E-state index is 12.1. The van der Waals surface area contributed by atoms with Gasteiger partial charge >= 0.3 is 0 Å². The Morgan fingerprint density at radius 1 is 1.17 bits per heavy atom. The molecule has 3 rings (SSSR count). The van der Waals surface area contributed by atoms with Gasteiger partial charge in [-0.25, -0.2) is 0 Å². The summed E-state index contributed by atoms with van der Waals surface area (Å²) in [6.45, 7) is 0.268. The number of amides is 1. The fourth-order valence-corrected chi connectivity index (χ4v) is 3.20. The molecule has 0 unspecified atom stereocenters. The van der Waals surface area contributed by atoms with Gasteiger partial charge in [-0.1, -0.05) is 47.6 Å². The van der Waals surface area contributed by atoms with Crippen LogP contribution in [0.3, 0.4) is 0 Å². The van der Waals surface area contributed by atoms with Crippen molar-refractivity contribution in [2.24, 2.45) is 4.99 Å². The van der Waals surface area contributed by atoms with Crippen molar-refractivity contribution in [3.8, 4) is 18.1 Å². The summed E-state index contributed by atoms with van der Waals surface area (Å²) in [6, 6.07) is 17.0. The van der Waals surface area contributed by atoms with Gasteiger partial charge in [0.05, 0.1) is 16.8 Å². The highest BCUT2D eigenvalue weighted by molar-refractivity contribution is 7.16. The highest BCUT2D eigenvalue weighted by atomic mass is 32.1. The number of para-hydroxylation sites is 2. The van der Waals surface area contributed by atoms with E-state index in [1.165, 1.54) is 11.3 Å². The summed E-state index contributed by atoms with van der Waals surface area (Å²) < 4.78 is 8.33. The van der Waals surface area contributed by atoms with Crippen LogP contribution in [0.15, 0.2) is 59.6 Å². The normalized spacial score (nSPS) is 11.3. The third-order valence-electron chi connectivity index (χ3n) is 3.16. The van der Waals surface area contributed by atoms with E-state index in [2.05, 4.69) is 10.9 Å². The Kier molecular flexibility index (Phi) is 4.55. The first kappa shape index (κ1) is 15.1. The molecule has 0 aliphatic rings. The van der Waals surface area contributed by atoms with Crippen LogP contribution >= 0.6 is 11.3 Å². The SMILES string of the molecule is C#CCn1c(=NC(=O)COc2ccccc2)sc2ccccc21. The minimum Gasteiger partial charge on any atom is -0.484 e. The van der Waals surface area contributed by atoms with Crippen molar-refractivity contribution in [2.75, 3.05) is 6.61 Å². The van der Waals surface area contributed by atoms with Crippen LogP contribution in [0.5, 0.6) is 5.75 Å². The number of benzene rings is 2. The molecule has 23 heavy (non-hydrogen) atoms. The number of rotatable bonds is 4. The molecule has 0 saturated heterocycles. The first-order chi connectivity index (χ1) is 11.3. The van der Waals surface area contributed by atoms with Gasteiger partial charge in [-0.2, -0.15) is 4.99 Å². The van der Waals surface area contributed by atoms with E-state index in [1.54, 1.807) is 12.1 Å². The number of hydrogen-bond acceptors (Lipinski definition) is 3. The highest BCUT2D eigenvalue weighted by Gasteiger charge is 2.07. The largest absolute Gasteiger partial charge is 0.484 e. The van der Waals surface area contributed by atoms with Crippen LogP contribution in [0, 0.1) is 12.3 Å². The molecule has 1 aromatic heterocycles. The van der Waals surface area contributed by atoms with Gasteiger partial charge in [0.25, 0.3) is 5.91 Å². The summed E-state index contributed by atoms with van der Waals surface area (Å²) >= 11 is 1.44. The molecule has 0 spiro atoms. The fraction of sp³-hybridized carbons (Fsp3) is 0.111. The Bertz CT molecular complexity index is 933. The molecule has 4 nitrogen and oxygen atoms in total. The Labute approximate surface area is 137 Å². The maximum Gasteiger partial charge on any atom is 0.286 e. The topological polar surface area (TPSA) is 43.6 Å². The molecule has 0 saturated carbocycles. The molecule has 1 heterocycles. The molecule has 0 aliphatic heterocycles. The molecule has 2 aromatic carbocycles. The molecule has 0 atom stereocenters. The minimum absolute atomic E-state index is 0.103. The van der Waals surface area contributed by atoms with Crippen molar-refractivity contribution in [2.45, 2.75) is 6.54 Å². The van der Waals surface area contributed by atoms with E-state index in [0.717, 1.165) is 10.2 Å². The molecular weight excluding hydrogens is 308 g/mol. The third kappa shape index (κ3) is 3.50. The molecule has 0 aliphatic carbocycles. The van der Waals surface area contributed by atoms with Gasteiger partial charge in [0.2, 0.25) is 0 Å². The Hall–Kier alpha value is -2.84. The third-order valence-corrected chi connectivity index (χ3v) is 4.22. The molecule has 114 valence electrons. The van der Waals surface area contributed by atoms with Crippen molar-refractivity contribution in [3.05, 3.63) is 59.4 Å². The van der Waals surface area contributed by atoms with E-state index in [4.69, 9.17) is 11.2 Å². The predicted molar refractivity (Wildman–Crippen MR) is 91.2 cm³/mol. The van der Waals surface area contributed by atoms with E-state index in [9.17, 15) is 4.79 Å². The number of aromatic nitrogens is 1. The first-order valence-electron chi connectivity index (χ1n) is 7.05. The summed E-state index contributed by atoms with van der Waals surface area (Å²) in [5, 5.41) is 0. The number of terminal acetylenes is 1. The van der Waals surface area contributed by atoms with Crippen LogP contribution in [0.2, 0.25) is 0 Å². The summed E-state index contributed by atoms with van der Waals surface area (Å²) in [4.78, 5) is 16.8. The molecule has 0 N–H and O–H groups in total. The van der Waals surface area contributed by atoms with Gasteiger partial charge in [0.1, 0.15) is 5.75 Å². The zero-order valence-electron chi connectivity index (χ0n) is 12.3. The average molecular weight is 322 g/mol. The van der Waals surface area contributed by atoms with Gasteiger partial charge in [-0.3, -0.25) is 4.79 Å². The van der Waals surface area contributed by atoms with Crippen molar-refractivity contribution >= 4 is 27.5 Å². The standard InChI is InChI=1S/C18H14N2O2S/c1-2-12-20-15-10-6-7-11-16(15)23-18(20)19-17(21)13-22-14-8-4-3-5-9-14/h1,3-11H,12-13H2. The van der Waals surface area contributed by atoms with Gasteiger partial charge < -0.3 is 9.30 Å². The molecule has 0 radical (unpaired) electrons. The zero-order valence-corrected chi connectivity index (χ0v) is 13.1. The van der Waals surface area contributed by atoms with Gasteiger partial charge in [0, 0.05) is 0 Å². The molecule has 0 bridgehead atoms. The lowest BCUT2D eigenvalue weighted by Gasteiger charge is -2.02. The lowest BCUT2D eigenvalue weighted by molar-refractivity contribution is -0.120. The van der Waals surface area contributed by atoms with Crippen LogP contribution in [0.1, 0.15) is 0 Å². The van der Waals surface area contributed by atoms with E-state index in [-0.39, 0.29) is 12.5 Å². The van der Waals surface area contributed by atoms with E-state index >= 15 is 0 Å². The van der Waals surface area contributed by atoms with E-state index < -0.39 is 0 Å².